The highest BCUT2D eigenvalue weighted by Crippen LogP contribution is 2.24. The monoisotopic (exact) mass is 325 g/mol. The van der Waals surface area contributed by atoms with Gasteiger partial charge in [0.25, 0.3) is 0 Å². The average molecular weight is 326 g/mol. The number of piperidine rings is 1. The minimum Gasteiger partial charge on any atom is -0.353 e. The topological polar surface area (TPSA) is 58.4 Å². The minimum atomic E-state index is 0. The quantitative estimate of drug-likeness (QED) is 0.830. The van der Waals surface area contributed by atoms with E-state index in [4.69, 9.17) is 5.73 Å². The number of hydrogen-bond acceptors (Lipinski definition) is 3. The number of carbonyl (C=O) groups excluding carboxylic acids is 1. The van der Waals surface area contributed by atoms with Crippen LogP contribution < -0.4 is 11.1 Å². The highest BCUT2D eigenvalue weighted by atomic mass is 35.5. The SMILES string of the molecule is CCCN1CCC(NC(=O)C2CCCC2N)CC1.Cl.Cl. The van der Waals surface area contributed by atoms with Crippen molar-refractivity contribution in [2.45, 2.75) is 57.5 Å². The maximum absolute atomic E-state index is 12.1. The van der Waals surface area contributed by atoms with Crippen molar-refractivity contribution in [3.8, 4) is 0 Å². The third kappa shape index (κ3) is 5.40. The third-order valence-corrected chi connectivity index (χ3v) is 4.38. The first-order valence-electron chi connectivity index (χ1n) is 7.49. The van der Waals surface area contributed by atoms with Crippen molar-refractivity contribution in [2.75, 3.05) is 19.6 Å². The van der Waals surface area contributed by atoms with Gasteiger partial charge in [0.1, 0.15) is 0 Å². The first-order chi connectivity index (χ1) is 8.70. The summed E-state index contributed by atoms with van der Waals surface area (Å²) >= 11 is 0. The van der Waals surface area contributed by atoms with Gasteiger partial charge in [-0.1, -0.05) is 13.3 Å². The molecule has 1 amide bonds. The van der Waals surface area contributed by atoms with E-state index in [1.54, 1.807) is 0 Å². The summed E-state index contributed by atoms with van der Waals surface area (Å²) in [5.41, 5.74) is 5.98. The number of nitrogens with zero attached hydrogens (tertiary/aromatic N) is 1. The van der Waals surface area contributed by atoms with Crippen LogP contribution in [0.25, 0.3) is 0 Å². The Labute approximate surface area is 135 Å². The Balaban J connectivity index is 0.00000180. The summed E-state index contributed by atoms with van der Waals surface area (Å²) in [5, 5.41) is 3.21. The molecule has 1 aliphatic heterocycles. The van der Waals surface area contributed by atoms with Crippen molar-refractivity contribution >= 4 is 30.7 Å². The summed E-state index contributed by atoms with van der Waals surface area (Å²) in [5.74, 6) is 0.271. The summed E-state index contributed by atoms with van der Waals surface area (Å²) in [6.45, 7) is 5.65. The van der Waals surface area contributed by atoms with Crippen molar-refractivity contribution < 1.29 is 4.79 Å². The summed E-state index contributed by atoms with van der Waals surface area (Å²) in [6.07, 6.45) is 6.48. The zero-order valence-electron chi connectivity index (χ0n) is 12.3. The Morgan fingerprint density at radius 3 is 2.35 bits per heavy atom. The second kappa shape index (κ2) is 9.82. The van der Waals surface area contributed by atoms with Crippen LogP contribution in [0.1, 0.15) is 45.4 Å². The maximum atomic E-state index is 12.1. The van der Waals surface area contributed by atoms with Crippen LogP contribution in [0.4, 0.5) is 0 Å². The van der Waals surface area contributed by atoms with E-state index in [2.05, 4.69) is 17.1 Å². The molecule has 120 valence electrons. The first kappa shape index (κ1) is 20.0. The van der Waals surface area contributed by atoms with Gasteiger partial charge in [0.05, 0.1) is 5.92 Å². The van der Waals surface area contributed by atoms with E-state index in [0.29, 0.717) is 6.04 Å². The smallest absolute Gasteiger partial charge is 0.224 e. The average Bonchev–Trinajstić information content (AvgIpc) is 2.78. The second-order valence-corrected chi connectivity index (χ2v) is 5.83. The first-order valence-corrected chi connectivity index (χ1v) is 7.49. The molecule has 3 N–H and O–H groups in total. The van der Waals surface area contributed by atoms with Gasteiger partial charge in [0.2, 0.25) is 5.91 Å². The van der Waals surface area contributed by atoms with Crippen molar-refractivity contribution in [1.82, 2.24) is 10.2 Å². The highest BCUT2D eigenvalue weighted by molar-refractivity contribution is 5.85. The third-order valence-electron chi connectivity index (χ3n) is 4.38. The van der Waals surface area contributed by atoms with Crippen molar-refractivity contribution in [3.05, 3.63) is 0 Å². The molecule has 0 aromatic rings. The molecule has 0 bridgehead atoms. The Morgan fingerprint density at radius 1 is 1.20 bits per heavy atom. The number of nitrogens with two attached hydrogens (primary N) is 1. The maximum Gasteiger partial charge on any atom is 0.224 e. The standard InChI is InChI=1S/C14H27N3O.2ClH/c1-2-8-17-9-6-11(7-10-17)16-14(18)12-4-3-5-13(12)15;;/h11-13H,2-10,15H2,1H3,(H,16,18);2*1H. The lowest BCUT2D eigenvalue weighted by Crippen LogP contribution is -2.48. The van der Waals surface area contributed by atoms with Gasteiger partial charge in [-0.05, 0) is 38.6 Å². The van der Waals surface area contributed by atoms with Gasteiger partial charge in [-0.3, -0.25) is 4.79 Å². The van der Waals surface area contributed by atoms with Gasteiger partial charge in [-0.15, -0.1) is 24.8 Å². The molecule has 0 aromatic heterocycles. The lowest BCUT2D eigenvalue weighted by molar-refractivity contribution is -0.126. The van der Waals surface area contributed by atoms with Crippen molar-refractivity contribution in [2.24, 2.45) is 11.7 Å². The molecule has 2 atom stereocenters. The highest BCUT2D eigenvalue weighted by Gasteiger charge is 2.31. The fourth-order valence-corrected chi connectivity index (χ4v) is 3.24. The number of hydrogen-bond donors (Lipinski definition) is 2. The number of halogens is 2. The van der Waals surface area contributed by atoms with Crippen LogP contribution in [0.3, 0.4) is 0 Å². The Morgan fingerprint density at radius 2 is 1.85 bits per heavy atom. The number of carbonyl (C=O) groups is 1. The summed E-state index contributed by atoms with van der Waals surface area (Å²) in [7, 11) is 0. The van der Waals surface area contributed by atoms with E-state index in [1.807, 2.05) is 0 Å². The van der Waals surface area contributed by atoms with Crippen molar-refractivity contribution in [1.29, 1.82) is 0 Å². The summed E-state index contributed by atoms with van der Waals surface area (Å²) < 4.78 is 0. The van der Waals surface area contributed by atoms with Crippen LogP contribution in [0.5, 0.6) is 0 Å². The molecule has 0 aromatic carbocycles. The van der Waals surface area contributed by atoms with E-state index >= 15 is 0 Å². The molecule has 2 fully saturated rings. The molecule has 1 saturated carbocycles. The molecule has 4 nitrogen and oxygen atoms in total. The van der Waals surface area contributed by atoms with Crippen LogP contribution in [-0.4, -0.2) is 42.5 Å². The van der Waals surface area contributed by atoms with Gasteiger partial charge in [0.15, 0.2) is 0 Å². The van der Waals surface area contributed by atoms with Gasteiger partial charge >= 0.3 is 0 Å². The molecule has 1 aliphatic carbocycles. The zero-order chi connectivity index (χ0) is 13.0. The lowest BCUT2D eigenvalue weighted by atomic mass is 10.00. The van der Waals surface area contributed by atoms with E-state index in [0.717, 1.165) is 45.2 Å². The molecule has 1 saturated heterocycles. The predicted molar refractivity (Wildman–Crippen MR) is 87.7 cm³/mol. The largest absolute Gasteiger partial charge is 0.353 e. The number of nitrogens with one attached hydrogen (secondary N) is 1. The van der Waals surface area contributed by atoms with Gasteiger partial charge < -0.3 is 16.0 Å². The summed E-state index contributed by atoms with van der Waals surface area (Å²) in [4.78, 5) is 14.6. The molecular weight excluding hydrogens is 297 g/mol. The fourth-order valence-electron chi connectivity index (χ4n) is 3.24. The Kier molecular flexibility index (Phi) is 9.81. The lowest BCUT2D eigenvalue weighted by Gasteiger charge is -2.32. The van der Waals surface area contributed by atoms with Gasteiger partial charge in [0, 0.05) is 25.2 Å². The Hall–Kier alpha value is -0.0300. The Bertz CT molecular complexity index is 284. The van der Waals surface area contributed by atoms with Gasteiger partial charge in [-0.2, -0.15) is 0 Å². The molecule has 1 heterocycles. The normalized spacial score (nSPS) is 27.5. The van der Waals surface area contributed by atoms with Crippen molar-refractivity contribution in [3.63, 3.8) is 0 Å². The van der Waals surface area contributed by atoms with Crippen LogP contribution in [0.2, 0.25) is 0 Å². The molecule has 0 spiro atoms. The predicted octanol–water partition coefficient (Wildman–Crippen LogP) is 1.95. The number of amides is 1. The zero-order valence-corrected chi connectivity index (χ0v) is 14.0. The molecule has 2 rings (SSSR count). The molecular formula is C14H29Cl2N3O. The molecule has 6 heteroatoms. The van der Waals surface area contributed by atoms with Gasteiger partial charge in [-0.25, -0.2) is 0 Å². The number of likely N-dealkylation sites (tertiary alicyclic amines) is 1. The summed E-state index contributed by atoms with van der Waals surface area (Å²) in [6, 6.07) is 0.462. The second-order valence-electron chi connectivity index (χ2n) is 5.83. The van der Waals surface area contributed by atoms with Crippen LogP contribution >= 0.6 is 24.8 Å². The molecule has 0 radical (unpaired) electrons. The molecule has 2 aliphatic rings. The number of rotatable bonds is 4. The fraction of sp³-hybridized carbons (Fsp3) is 0.929. The van der Waals surface area contributed by atoms with E-state index in [-0.39, 0.29) is 42.7 Å². The van der Waals surface area contributed by atoms with Crippen LogP contribution in [-0.2, 0) is 4.79 Å². The van der Waals surface area contributed by atoms with E-state index in [1.165, 1.54) is 13.0 Å². The van der Waals surface area contributed by atoms with E-state index in [9.17, 15) is 4.79 Å². The molecule has 2 unspecified atom stereocenters. The van der Waals surface area contributed by atoms with E-state index < -0.39 is 0 Å². The van der Waals surface area contributed by atoms with Crippen LogP contribution in [0, 0.1) is 5.92 Å². The minimum absolute atomic E-state index is 0. The molecule has 20 heavy (non-hydrogen) atoms. The van der Waals surface area contributed by atoms with Crippen LogP contribution in [0.15, 0.2) is 0 Å².